The highest BCUT2D eigenvalue weighted by Crippen LogP contribution is 2.25. The topological polar surface area (TPSA) is 54.9 Å². The SMILES string of the molecule is CCCCc1nnc(NC(=O)c2cc(SC)ccc2Cl)s1. The second kappa shape index (κ2) is 7.77. The Morgan fingerprint density at radius 2 is 2.24 bits per heavy atom. The number of aromatic nitrogens is 2. The summed E-state index contributed by atoms with van der Waals surface area (Å²) in [7, 11) is 0. The van der Waals surface area contributed by atoms with Crippen LogP contribution in [-0.2, 0) is 6.42 Å². The van der Waals surface area contributed by atoms with E-state index in [1.165, 1.54) is 11.3 Å². The summed E-state index contributed by atoms with van der Waals surface area (Å²) >= 11 is 9.06. The predicted octanol–water partition coefficient (Wildman–Crippen LogP) is 4.51. The van der Waals surface area contributed by atoms with Crippen molar-refractivity contribution in [1.82, 2.24) is 10.2 Å². The summed E-state index contributed by atoms with van der Waals surface area (Å²) < 4.78 is 0. The normalized spacial score (nSPS) is 10.6. The van der Waals surface area contributed by atoms with E-state index in [-0.39, 0.29) is 5.91 Å². The van der Waals surface area contributed by atoms with Crippen molar-refractivity contribution in [3.05, 3.63) is 33.8 Å². The molecule has 1 amide bonds. The van der Waals surface area contributed by atoms with Crippen LogP contribution in [0.2, 0.25) is 5.02 Å². The molecule has 112 valence electrons. The molecule has 1 heterocycles. The second-order valence-electron chi connectivity index (χ2n) is 4.40. The molecule has 0 aliphatic rings. The molecule has 2 aromatic rings. The molecule has 0 atom stereocenters. The number of carbonyl (C=O) groups excluding carboxylic acids is 1. The summed E-state index contributed by atoms with van der Waals surface area (Å²) in [6.07, 6.45) is 5.03. The van der Waals surface area contributed by atoms with Gasteiger partial charge in [-0.3, -0.25) is 10.1 Å². The van der Waals surface area contributed by atoms with Gasteiger partial charge in [-0.1, -0.05) is 36.3 Å². The molecule has 0 spiro atoms. The number of hydrogen-bond donors (Lipinski definition) is 1. The van der Waals surface area contributed by atoms with Crippen LogP contribution in [0.5, 0.6) is 0 Å². The number of nitrogens with zero attached hydrogens (tertiary/aromatic N) is 2. The van der Waals surface area contributed by atoms with Gasteiger partial charge in [-0.2, -0.15) is 0 Å². The highest BCUT2D eigenvalue weighted by atomic mass is 35.5. The van der Waals surface area contributed by atoms with Gasteiger partial charge in [0.1, 0.15) is 5.01 Å². The molecule has 0 fully saturated rings. The minimum Gasteiger partial charge on any atom is -0.296 e. The Kier molecular flexibility index (Phi) is 6.02. The standard InChI is InChI=1S/C14H16ClN3OS2/c1-3-4-5-12-17-18-14(21-12)16-13(19)10-8-9(20-2)6-7-11(10)15/h6-8H,3-5H2,1-2H3,(H,16,18,19). The van der Waals surface area contributed by atoms with E-state index in [1.807, 2.05) is 12.3 Å². The Balaban J connectivity index is 2.09. The number of hydrogen-bond acceptors (Lipinski definition) is 5. The number of carbonyl (C=O) groups is 1. The monoisotopic (exact) mass is 341 g/mol. The second-order valence-corrected chi connectivity index (χ2v) is 6.75. The summed E-state index contributed by atoms with van der Waals surface area (Å²) in [6, 6.07) is 5.40. The maximum Gasteiger partial charge on any atom is 0.259 e. The molecule has 0 saturated carbocycles. The van der Waals surface area contributed by atoms with E-state index in [0.717, 1.165) is 29.2 Å². The lowest BCUT2D eigenvalue weighted by Gasteiger charge is -2.05. The first-order valence-corrected chi connectivity index (χ1v) is 9.03. The lowest BCUT2D eigenvalue weighted by molar-refractivity contribution is 0.102. The van der Waals surface area contributed by atoms with E-state index in [4.69, 9.17) is 11.6 Å². The Bertz CT molecular complexity index is 630. The number of rotatable bonds is 6. The van der Waals surface area contributed by atoms with Gasteiger partial charge in [-0.15, -0.1) is 22.0 Å². The number of thioether (sulfide) groups is 1. The molecule has 1 aromatic carbocycles. The Labute approximate surface area is 137 Å². The number of halogens is 1. The first-order chi connectivity index (χ1) is 10.1. The predicted molar refractivity (Wildman–Crippen MR) is 89.7 cm³/mol. The molecule has 0 saturated heterocycles. The van der Waals surface area contributed by atoms with Gasteiger partial charge in [-0.05, 0) is 30.9 Å². The van der Waals surface area contributed by atoms with Crippen molar-refractivity contribution < 1.29 is 4.79 Å². The van der Waals surface area contributed by atoms with Crippen molar-refractivity contribution in [2.24, 2.45) is 0 Å². The average Bonchev–Trinajstić information content (AvgIpc) is 2.93. The number of amides is 1. The zero-order valence-electron chi connectivity index (χ0n) is 11.9. The molecule has 2 rings (SSSR count). The van der Waals surface area contributed by atoms with Gasteiger partial charge in [0.2, 0.25) is 5.13 Å². The van der Waals surface area contributed by atoms with Gasteiger partial charge in [0.25, 0.3) is 5.91 Å². The smallest absolute Gasteiger partial charge is 0.259 e. The van der Waals surface area contributed by atoms with Crippen LogP contribution in [0.15, 0.2) is 23.1 Å². The molecule has 7 heteroatoms. The fourth-order valence-corrected chi connectivity index (χ4v) is 3.12. The summed E-state index contributed by atoms with van der Waals surface area (Å²) in [4.78, 5) is 13.3. The highest BCUT2D eigenvalue weighted by Gasteiger charge is 2.14. The largest absolute Gasteiger partial charge is 0.296 e. The maximum atomic E-state index is 12.3. The number of unbranched alkanes of at least 4 members (excludes halogenated alkanes) is 1. The van der Waals surface area contributed by atoms with Gasteiger partial charge in [0.15, 0.2) is 0 Å². The molecule has 1 N–H and O–H groups in total. The molecular formula is C14H16ClN3OS2. The van der Waals surface area contributed by atoms with Gasteiger partial charge in [0.05, 0.1) is 10.6 Å². The molecule has 1 aromatic heterocycles. The fraction of sp³-hybridized carbons (Fsp3) is 0.357. The van der Waals surface area contributed by atoms with Crippen LogP contribution < -0.4 is 5.32 Å². The van der Waals surface area contributed by atoms with E-state index in [1.54, 1.807) is 23.9 Å². The summed E-state index contributed by atoms with van der Waals surface area (Å²) in [5, 5.41) is 12.7. The van der Waals surface area contributed by atoms with Crippen LogP contribution >= 0.6 is 34.7 Å². The number of aryl methyl sites for hydroxylation is 1. The number of anilines is 1. The molecule has 21 heavy (non-hydrogen) atoms. The van der Waals surface area contributed by atoms with E-state index < -0.39 is 0 Å². The van der Waals surface area contributed by atoms with Gasteiger partial charge < -0.3 is 0 Å². The third kappa shape index (κ3) is 4.43. The maximum absolute atomic E-state index is 12.3. The zero-order valence-corrected chi connectivity index (χ0v) is 14.2. The Hall–Kier alpha value is -1.11. The van der Waals surface area contributed by atoms with Crippen LogP contribution in [0.3, 0.4) is 0 Å². The van der Waals surface area contributed by atoms with Crippen LogP contribution in [0, 0.1) is 0 Å². The van der Waals surface area contributed by atoms with Gasteiger partial charge in [-0.25, -0.2) is 0 Å². The van der Waals surface area contributed by atoms with Crippen LogP contribution in [0.1, 0.15) is 35.1 Å². The van der Waals surface area contributed by atoms with Gasteiger partial charge in [0, 0.05) is 11.3 Å². The first kappa shape index (κ1) is 16.3. The van der Waals surface area contributed by atoms with Crippen molar-refractivity contribution in [2.45, 2.75) is 31.1 Å². The minimum absolute atomic E-state index is 0.255. The zero-order chi connectivity index (χ0) is 15.2. The average molecular weight is 342 g/mol. The highest BCUT2D eigenvalue weighted by molar-refractivity contribution is 7.98. The molecular weight excluding hydrogens is 326 g/mol. The van der Waals surface area contributed by atoms with Crippen LogP contribution in [0.4, 0.5) is 5.13 Å². The molecule has 0 radical (unpaired) electrons. The number of benzene rings is 1. The van der Waals surface area contributed by atoms with Crippen molar-refractivity contribution in [1.29, 1.82) is 0 Å². The van der Waals surface area contributed by atoms with E-state index in [9.17, 15) is 4.79 Å². The Morgan fingerprint density at radius 3 is 2.95 bits per heavy atom. The third-order valence-corrected chi connectivity index (χ3v) is 4.80. The van der Waals surface area contributed by atoms with Crippen molar-refractivity contribution in [3.8, 4) is 0 Å². The molecule has 0 unspecified atom stereocenters. The van der Waals surface area contributed by atoms with Crippen LogP contribution in [-0.4, -0.2) is 22.4 Å². The lowest BCUT2D eigenvalue weighted by Crippen LogP contribution is -2.12. The number of nitrogens with one attached hydrogen (secondary N) is 1. The summed E-state index contributed by atoms with van der Waals surface area (Å²) in [6.45, 7) is 2.13. The summed E-state index contributed by atoms with van der Waals surface area (Å²) in [5.41, 5.74) is 0.453. The van der Waals surface area contributed by atoms with E-state index in [2.05, 4.69) is 22.4 Å². The molecule has 0 bridgehead atoms. The minimum atomic E-state index is -0.255. The van der Waals surface area contributed by atoms with Crippen molar-refractivity contribution in [3.63, 3.8) is 0 Å². The van der Waals surface area contributed by atoms with E-state index >= 15 is 0 Å². The van der Waals surface area contributed by atoms with Crippen LogP contribution in [0.25, 0.3) is 0 Å². The first-order valence-electron chi connectivity index (χ1n) is 6.61. The Morgan fingerprint density at radius 1 is 1.43 bits per heavy atom. The molecule has 0 aliphatic heterocycles. The molecule has 4 nitrogen and oxygen atoms in total. The van der Waals surface area contributed by atoms with Crippen molar-refractivity contribution in [2.75, 3.05) is 11.6 Å². The fourth-order valence-electron chi connectivity index (χ4n) is 1.70. The summed E-state index contributed by atoms with van der Waals surface area (Å²) in [5.74, 6) is -0.255. The van der Waals surface area contributed by atoms with Crippen molar-refractivity contribution >= 4 is 45.7 Å². The van der Waals surface area contributed by atoms with Gasteiger partial charge >= 0.3 is 0 Å². The third-order valence-electron chi connectivity index (χ3n) is 2.85. The molecule has 0 aliphatic carbocycles. The quantitative estimate of drug-likeness (QED) is 0.785. The lowest BCUT2D eigenvalue weighted by atomic mass is 10.2. The van der Waals surface area contributed by atoms with E-state index in [0.29, 0.717) is 15.7 Å².